The average molecular weight is 349 g/mol. The van der Waals surface area contributed by atoms with Crippen molar-refractivity contribution in [2.45, 2.75) is 6.54 Å². The fraction of sp³-hybridized carbons (Fsp3) is 0.0455. The molecule has 0 aliphatic carbocycles. The molecule has 0 amide bonds. The summed E-state index contributed by atoms with van der Waals surface area (Å²) in [6.07, 6.45) is 1.83. The number of aromatic nitrogens is 2. The predicted octanol–water partition coefficient (Wildman–Crippen LogP) is 4.36. The molecule has 0 spiro atoms. The first-order valence-electron chi connectivity index (χ1n) is 8.49. The highest BCUT2D eigenvalue weighted by Crippen LogP contribution is 2.24. The minimum atomic E-state index is 0.491. The summed E-state index contributed by atoms with van der Waals surface area (Å²) >= 11 is 0. The number of nitriles is 2. The SMILES string of the molecule is N#Cc1ccccc1-c1ccc(CNc2nc3ccccn3c2C#N)cc1. The Bertz CT molecular complexity index is 1190. The van der Waals surface area contributed by atoms with Gasteiger partial charge in [-0.3, -0.25) is 4.40 Å². The molecule has 128 valence electrons. The lowest BCUT2D eigenvalue weighted by Gasteiger charge is -2.07. The number of fused-ring (bicyclic) bond motifs is 1. The summed E-state index contributed by atoms with van der Waals surface area (Å²) in [5.41, 5.74) is 4.87. The Hall–Kier alpha value is -4.09. The molecule has 0 unspecified atom stereocenters. The van der Waals surface area contributed by atoms with E-state index in [1.165, 1.54) is 0 Å². The van der Waals surface area contributed by atoms with E-state index in [2.05, 4.69) is 22.4 Å². The third kappa shape index (κ3) is 3.10. The van der Waals surface area contributed by atoms with Crippen molar-refractivity contribution in [1.29, 1.82) is 10.5 Å². The van der Waals surface area contributed by atoms with Gasteiger partial charge in [0.15, 0.2) is 11.5 Å². The molecule has 0 radical (unpaired) electrons. The third-order valence-corrected chi connectivity index (χ3v) is 4.41. The van der Waals surface area contributed by atoms with Crippen LogP contribution in [0.1, 0.15) is 16.8 Å². The van der Waals surface area contributed by atoms with Gasteiger partial charge in [-0.2, -0.15) is 10.5 Å². The van der Waals surface area contributed by atoms with Crippen molar-refractivity contribution in [3.05, 3.63) is 89.7 Å². The fourth-order valence-electron chi connectivity index (χ4n) is 3.05. The van der Waals surface area contributed by atoms with Crippen LogP contribution in [0.4, 0.5) is 5.82 Å². The molecule has 0 fully saturated rings. The molecule has 5 nitrogen and oxygen atoms in total. The first kappa shape index (κ1) is 16.4. The number of pyridine rings is 1. The molecule has 4 rings (SSSR count). The summed E-state index contributed by atoms with van der Waals surface area (Å²) in [5, 5.41) is 21.9. The van der Waals surface area contributed by atoms with E-state index >= 15 is 0 Å². The summed E-state index contributed by atoms with van der Waals surface area (Å²) in [7, 11) is 0. The van der Waals surface area contributed by atoms with E-state index in [0.29, 0.717) is 23.6 Å². The predicted molar refractivity (Wildman–Crippen MR) is 104 cm³/mol. The third-order valence-electron chi connectivity index (χ3n) is 4.41. The largest absolute Gasteiger partial charge is 0.364 e. The van der Waals surface area contributed by atoms with E-state index in [-0.39, 0.29) is 0 Å². The molecule has 27 heavy (non-hydrogen) atoms. The zero-order valence-electron chi connectivity index (χ0n) is 14.4. The van der Waals surface area contributed by atoms with Gasteiger partial charge in [-0.25, -0.2) is 4.98 Å². The van der Waals surface area contributed by atoms with Crippen molar-refractivity contribution in [2.75, 3.05) is 5.32 Å². The Balaban J connectivity index is 1.55. The first-order chi connectivity index (χ1) is 13.3. The molecule has 2 aromatic heterocycles. The zero-order chi connectivity index (χ0) is 18.6. The molecule has 0 atom stereocenters. The molecular formula is C22H15N5. The van der Waals surface area contributed by atoms with E-state index in [1.54, 1.807) is 4.40 Å². The zero-order valence-corrected chi connectivity index (χ0v) is 14.4. The van der Waals surface area contributed by atoms with Crippen LogP contribution < -0.4 is 5.32 Å². The van der Waals surface area contributed by atoms with E-state index in [4.69, 9.17) is 0 Å². The molecule has 0 bridgehead atoms. The molecule has 0 saturated carbocycles. The van der Waals surface area contributed by atoms with Gasteiger partial charge in [-0.15, -0.1) is 0 Å². The second kappa shape index (κ2) is 7.03. The van der Waals surface area contributed by atoms with Gasteiger partial charge in [-0.05, 0) is 34.9 Å². The molecule has 2 aromatic carbocycles. The summed E-state index contributed by atoms with van der Waals surface area (Å²) in [5.74, 6) is 0.572. The topological polar surface area (TPSA) is 76.9 Å². The van der Waals surface area contributed by atoms with Gasteiger partial charge in [-0.1, -0.05) is 48.5 Å². The Morgan fingerprint density at radius 3 is 2.44 bits per heavy atom. The highest BCUT2D eigenvalue weighted by molar-refractivity contribution is 5.70. The first-order valence-corrected chi connectivity index (χ1v) is 8.49. The van der Waals surface area contributed by atoms with Crippen molar-refractivity contribution in [3.8, 4) is 23.3 Å². The van der Waals surface area contributed by atoms with Crippen molar-refractivity contribution in [1.82, 2.24) is 9.38 Å². The number of benzene rings is 2. The highest BCUT2D eigenvalue weighted by atomic mass is 15.1. The number of rotatable bonds is 4. The van der Waals surface area contributed by atoms with Crippen LogP contribution in [0.15, 0.2) is 72.9 Å². The Morgan fingerprint density at radius 2 is 1.67 bits per heavy atom. The Kier molecular flexibility index (Phi) is 4.27. The van der Waals surface area contributed by atoms with Crippen molar-refractivity contribution in [3.63, 3.8) is 0 Å². The van der Waals surface area contributed by atoms with Gasteiger partial charge in [0.05, 0.1) is 11.6 Å². The smallest absolute Gasteiger partial charge is 0.168 e. The van der Waals surface area contributed by atoms with E-state index in [0.717, 1.165) is 22.3 Å². The molecule has 4 aromatic rings. The maximum Gasteiger partial charge on any atom is 0.168 e. The lowest BCUT2D eigenvalue weighted by Crippen LogP contribution is -2.01. The maximum absolute atomic E-state index is 9.44. The van der Waals surface area contributed by atoms with Crippen LogP contribution in [0.25, 0.3) is 16.8 Å². The summed E-state index contributed by atoms with van der Waals surface area (Å²) in [4.78, 5) is 4.48. The Morgan fingerprint density at radius 1 is 0.889 bits per heavy atom. The monoisotopic (exact) mass is 349 g/mol. The minimum Gasteiger partial charge on any atom is -0.364 e. The van der Waals surface area contributed by atoms with Crippen LogP contribution in [0.3, 0.4) is 0 Å². The van der Waals surface area contributed by atoms with Gasteiger partial charge in [0.1, 0.15) is 11.7 Å². The molecule has 0 saturated heterocycles. The summed E-state index contributed by atoms with van der Waals surface area (Å²) in [6, 6.07) is 25.7. The number of hydrogen-bond acceptors (Lipinski definition) is 4. The lowest BCUT2D eigenvalue weighted by atomic mass is 9.99. The average Bonchev–Trinajstić information content (AvgIpc) is 3.10. The number of hydrogen-bond donors (Lipinski definition) is 1. The van der Waals surface area contributed by atoms with Gasteiger partial charge in [0.2, 0.25) is 0 Å². The van der Waals surface area contributed by atoms with Crippen LogP contribution in [0.5, 0.6) is 0 Å². The van der Waals surface area contributed by atoms with Gasteiger partial charge >= 0.3 is 0 Å². The number of imidazole rings is 1. The van der Waals surface area contributed by atoms with Crippen LogP contribution >= 0.6 is 0 Å². The molecule has 5 heteroatoms. The minimum absolute atomic E-state index is 0.491. The highest BCUT2D eigenvalue weighted by Gasteiger charge is 2.11. The van der Waals surface area contributed by atoms with E-state index in [1.807, 2.05) is 72.9 Å². The van der Waals surface area contributed by atoms with Gasteiger partial charge in [0.25, 0.3) is 0 Å². The number of nitrogens with one attached hydrogen (secondary N) is 1. The van der Waals surface area contributed by atoms with Crippen LogP contribution in [-0.4, -0.2) is 9.38 Å². The maximum atomic E-state index is 9.44. The summed E-state index contributed by atoms with van der Waals surface area (Å²) < 4.78 is 1.77. The van der Waals surface area contributed by atoms with Gasteiger partial charge in [0, 0.05) is 12.7 Å². The molecule has 2 heterocycles. The quantitative estimate of drug-likeness (QED) is 0.594. The van der Waals surface area contributed by atoms with Crippen LogP contribution in [0, 0.1) is 22.7 Å². The fourth-order valence-corrected chi connectivity index (χ4v) is 3.05. The lowest BCUT2D eigenvalue weighted by molar-refractivity contribution is 1.11. The summed E-state index contributed by atoms with van der Waals surface area (Å²) in [6.45, 7) is 0.554. The van der Waals surface area contributed by atoms with Crippen LogP contribution in [-0.2, 0) is 6.54 Å². The second-order valence-electron chi connectivity index (χ2n) is 6.06. The van der Waals surface area contributed by atoms with Crippen LogP contribution in [0.2, 0.25) is 0 Å². The molecular weight excluding hydrogens is 334 g/mol. The second-order valence-corrected chi connectivity index (χ2v) is 6.06. The Labute approximate surface area is 156 Å². The standard InChI is InChI=1S/C22H15N5/c23-13-18-5-1-2-6-19(18)17-10-8-16(9-11-17)15-25-22-20(14-24)27-12-4-3-7-21(27)26-22/h1-12,25H,15H2. The molecule has 1 N–H and O–H groups in total. The van der Waals surface area contributed by atoms with Gasteiger partial charge < -0.3 is 5.32 Å². The van der Waals surface area contributed by atoms with Crippen molar-refractivity contribution < 1.29 is 0 Å². The van der Waals surface area contributed by atoms with E-state index in [9.17, 15) is 10.5 Å². The van der Waals surface area contributed by atoms with Crippen molar-refractivity contribution >= 4 is 11.5 Å². The van der Waals surface area contributed by atoms with Crippen molar-refractivity contribution in [2.24, 2.45) is 0 Å². The normalized spacial score (nSPS) is 10.3. The number of anilines is 1. The number of nitrogens with zero attached hydrogens (tertiary/aromatic N) is 4. The molecule has 0 aliphatic heterocycles. The van der Waals surface area contributed by atoms with E-state index < -0.39 is 0 Å². The molecule has 0 aliphatic rings.